The lowest BCUT2D eigenvalue weighted by Gasteiger charge is -2.10. The maximum Gasteiger partial charge on any atom is 0.251 e. The van der Waals surface area contributed by atoms with Crippen molar-refractivity contribution < 1.29 is 14.0 Å². The van der Waals surface area contributed by atoms with Crippen LogP contribution >= 0.6 is 0 Å². The van der Waals surface area contributed by atoms with E-state index in [-0.39, 0.29) is 17.5 Å². The summed E-state index contributed by atoms with van der Waals surface area (Å²) < 4.78 is 13.6. The highest BCUT2D eigenvalue weighted by Crippen LogP contribution is 2.19. The molecular weight excluding hydrogens is 293 g/mol. The molecule has 2 aromatic rings. The Hall–Kier alpha value is -2.75. The lowest BCUT2D eigenvalue weighted by molar-refractivity contribution is -0.112. The maximum atomic E-state index is 13.6. The molecular formula is C19H18FNO2. The minimum absolute atomic E-state index is 0.0703. The zero-order valence-corrected chi connectivity index (χ0v) is 13.3. The number of anilines is 1. The molecule has 0 spiro atoms. The Kier molecular flexibility index (Phi) is 5.06. The highest BCUT2D eigenvalue weighted by Gasteiger charge is 2.10. The SMILES string of the molecule is CC(=O)c1ccc(C)c(NC(=O)/C(C)=C/c2ccccc2F)c1. The molecule has 23 heavy (non-hydrogen) atoms. The second kappa shape index (κ2) is 7.01. The molecule has 0 unspecified atom stereocenters. The number of carbonyl (C=O) groups is 2. The van der Waals surface area contributed by atoms with Crippen LogP contribution in [0.4, 0.5) is 10.1 Å². The number of Topliss-reactive ketones (excluding diaryl/α,β-unsaturated/α-hetero) is 1. The van der Waals surface area contributed by atoms with Crippen LogP contribution in [-0.2, 0) is 4.79 Å². The Morgan fingerprint density at radius 1 is 1.09 bits per heavy atom. The molecule has 0 bridgehead atoms. The van der Waals surface area contributed by atoms with Crippen molar-refractivity contribution in [2.75, 3.05) is 5.32 Å². The summed E-state index contributed by atoms with van der Waals surface area (Å²) in [5.41, 5.74) is 2.68. The summed E-state index contributed by atoms with van der Waals surface area (Å²) in [4.78, 5) is 23.7. The first-order valence-corrected chi connectivity index (χ1v) is 7.24. The van der Waals surface area contributed by atoms with Gasteiger partial charge in [0.05, 0.1) is 0 Å². The van der Waals surface area contributed by atoms with E-state index in [1.54, 1.807) is 43.3 Å². The number of ketones is 1. The van der Waals surface area contributed by atoms with Gasteiger partial charge >= 0.3 is 0 Å². The molecule has 2 rings (SSSR count). The molecule has 1 amide bonds. The van der Waals surface area contributed by atoms with Gasteiger partial charge in [0.1, 0.15) is 5.82 Å². The highest BCUT2D eigenvalue weighted by atomic mass is 19.1. The number of amides is 1. The van der Waals surface area contributed by atoms with Crippen molar-refractivity contribution in [3.8, 4) is 0 Å². The van der Waals surface area contributed by atoms with Gasteiger partial charge in [0, 0.05) is 22.4 Å². The average Bonchev–Trinajstić information content (AvgIpc) is 2.51. The summed E-state index contributed by atoms with van der Waals surface area (Å²) in [7, 11) is 0. The van der Waals surface area contributed by atoms with E-state index in [1.165, 1.54) is 19.1 Å². The fraction of sp³-hybridized carbons (Fsp3) is 0.158. The van der Waals surface area contributed by atoms with Crippen LogP contribution in [-0.4, -0.2) is 11.7 Å². The van der Waals surface area contributed by atoms with Crippen LogP contribution in [0.25, 0.3) is 6.08 Å². The van der Waals surface area contributed by atoms with Crippen LogP contribution in [0, 0.1) is 12.7 Å². The van der Waals surface area contributed by atoms with Gasteiger partial charge in [0.2, 0.25) is 0 Å². The number of hydrogen-bond donors (Lipinski definition) is 1. The van der Waals surface area contributed by atoms with E-state index in [9.17, 15) is 14.0 Å². The third-order valence-corrected chi connectivity index (χ3v) is 3.53. The van der Waals surface area contributed by atoms with Crippen molar-refractivity contribution in [1.82, 2.24) is 0 Å². The number of rotatable bonds is 4. The van der Waals surface area contributed by atoms with Crippen molar-refractivity contribution in [3.63, 3.8) is 0 Å². The van der Waals surface area contributed by atoms with Gasteiger partial charge in [-0.1, -0.05) is 30.3 Å². The van der Waals surface area contributed by atoms with E-state index >= 15 is 0 Å². The summed E-state index contributed by atoms with van der Waals surface area (Å²) in [5.74, 6) is -0.786. The van der Waals surface area contributed by atoms with Gasteiger partial charge in [-0.05, 0) is 44.5 Å². The van der Waals surface area contributed by atoms with Crippen LogP contribution in [0.5, 0.6) is 0 Å². The molecule has 0 saturated carbocycles. The summed E-state index contributed by atoms with van der Waals surface area (Å²) in [6.45, 7) is 4.93. The van der Waals surface area contributed by atoms with Gasteiger partial charge in [-0.25, -0.2) is 4.39 Å². The van der Waals surface area contributed by atoms with Gasteiger partial charge in [-0.15, -0.1) is 0 Å². The molecule has 4 heteroatoms. The number of aryl methyl sites for hydroxylation is 1. The van der Waals surface area contributed by atoms with Gasteiger partial charge in [0.15, 0.2) is 5.78 Å². The smallest absolute Gasteiger partial charge is 0.251 e. The van der Waals surface area contributed by atoms with E-state index in [4.69, 9.17) is 0 Å². The second-order valence-corrected chi connectivity index (χ2v) is 5.39. The average molecular weight is 311 g/mol. The third kappa shape index (κ3) is 4.13. The van der Waals surface area contributed by atoms with E-state index in [1.807, 2.05) is 6.92 Å². The zero-order valence-electron chi connectivity index (χ0n) is 13.3. The van der Waals surface area contributed by atoms with Crippen molar-refractivity contribution in [2.24, 2.45) is 0 Å². The highest BCUT2D eigenvalue weighted by molar-refractivity contribution is 6.07. The molecule has 0 aliphatic carbocycles. The summed E-state index contributed by atoms with van der Waals surface area (Å²) in [6, 6.07) is 11.4. The Morgan fingerprint density at radius 3 is 2.43 bits per heavy atom. The molecule has 118 valence electrons. The van der Waals surface area contributed by atoms with Gasteiger partial charge in [0.25, 0.3) is 5.91 Å². The van der Waals surface area contributed by atoms with Crippen LogP contribution in [0.1, 0.15) is 35.3 Å². The molecule has 1 N–H and O–H groups in total. The summed E-state index contributed by atoms with van der Waals surface area (Å²) in [6.07, 6.45) is 1.49. The van der Waals surface area contributed by atoms with Crippen molar-refractivity contribution in [2.45, 2.75) is 20.8 Å². The monoisotopic (exact) mass is 311 g/mol. The Labute approximate surface area is 134 Å². The van der Waals surface area contributed by atoms with E-state index in [0.717, 1.165) is 5.56 Å². The van der Waals surface area contributed by atoms with Gasteiger partial charge < -0.3 is 5.32 Å². The fourth-order valence-corrected chi connectivity index (χ4v) is 2.09. The standard InChI is InChI=1S/C19H18FNO2/c1-12-8-9-15(14(3)22)11-18(12)21-19(23)13(2)10-16-6-4-5-7-17(16)20/h4-11H,1-3H3,(H,21,23)/b13-10+. The van der Waals surface area contributed by atoms with E-state index in [0.29, 0.717) is 22.4 Å². The minimum Gasteiger partial charge on any atom is -0.322 e. The number of hydrogen-bond acceptors (Lipinski definition) is 2. The Morgan fingerprint density at radius 2 is 1.78 bits per heavy atom. The normalized spacial score (nSPS) is 11.2. The first-order valence-electron chi connectivity index (χ1n) is 7.24. The third-order valence-electron chi connectivity index (χ3n) is 3.53. The topological polar surface area (TPSA) is 46.2 Å². The van der Waals surface area contributed by atoms with E-state index in [2.05, 4.69) is 5.32 Å². The lowest BCUT2D eigenvalue weighted by Crippen LogP contribution is -2.14. The molecule has 0 fully saturated rings. The van der Waals surface area contributed by atoms with E-state index < -0.39 is 0 Å². The molecule has 0 aliphatic rings. The summed E-state index contributed by atoms with van der Waals surface area (Å²) >= 11 is 0. The molecule has 0 atom stereocenters. The second-order valence-electron chi connectivity index (χ2n) is 5.39. The Bertz CT molecular complexity index is 794. The zero-order chi connectivity index (χ0) is 17.0. The number of nitrogens with one attached hydrogen (secondary N) is 1. The largest absolute Gasteiger partial charge is 0.322 e. The predicted octanol–water partition coefficient (Wildman–Crippen LogP) is 4.38. The minimum atomic E-state index is -0.380. The van der Waals surface area contributed by atoms with Crippen LogP contribution in [0.3, 0.4) is 0 Å². The first-order chi connectivity index (χ1) is 10.9. The fourth-order valence-electron chi connectivity index (χ4n) is 2.09. The van der Waals surface area contributed by atoms with Crippen molar-refractivity contribution in [1.29, 1.82) is 0 Å². The summed E-state index contributed by atoms with van der Waals surface area (Å²) in [5, 5.41) is 2.76. The number of halogens is 1. The lowest BCUT2D eigenvalue weighted by atomic mass is 10.1. The maximum absolute atomic E-state index is 13.6. The van der Waals surface area contributed by atoms with Gasteiger partial charge in [-0.3, -0.25) is 9.59 Å². The number of carbonyl (C=O) groups excluding carboxylic acids is 2. The van der Waals surface area contributed by atoms with Crippen LogP contribution in [0.15, 0.2) is 48.0 Å². The predicted molar refractivity (Wildman–Crippen MR) is 89.9 cm³/mol. The van der Waals surface area contributed by atoms with Gasteiger partial charge in [-0.2, -0.15) is 0 Å². The van der Waals surface area contributed by atoms with Crippen molar-refractivity contribution in [3.05, 3.63) is 70.5 Å². The Balaban J connectivity index is 2.23. The number of benzene rings is 2. The molecule has 0 aliphatic heterocycles. The van der Waals surface area contributed by atoms with Crippen LogP contribution in [0.2, 0.25) is 0 Å². The molecule has 0 radical (unpaired) electrons. The quantitative estimate of drug-likeness (QED) is 0.673. The molecule has 0 heterocycles. The molecule has 2 aromatic carbocycles. The molecule has 0 aromatic heterocycles. The first kappa shape index (κ1) is 16.6. The van der Waals surface area contributed by atoms with Crippen molar-refractivity contribution >= 4 is 23.5 Å². The van der Waals surface area contributed by atoms with Crippen LogP contribution < -0.4 is 5.32 Å². The molecule has 0 saturated heterocycles. The molecule has 3 nitrogen and oxygen atoms in total.